The van der Waals surface area contributed by atoms with Gasteiger partial charge in [-0.2, -0.15) is 0 Å². The van der Waals surface area contributed by atoms with E-state index in [-0.39, 0.29) is 0 Å². The Hall–Kier alpha value is -7.36. The Labute approximate surface area is 331 Å². The van der Waals surface area contributed by atoms with Crippen LogP contribution >= 0.6 is 0 Å². The van der Waals surface area contributed by atoms with E-state index in [2.05, 4.69) is 216 Å². The summed E-state index contributed by atoms with van der Waals surface area (Å²) in [6.45, 7) is 0. The van der Waals surface area contributed by atoms with Gasteiger partial charge < -0.3 is 15.2 Å². The molecule has 12 rings (SSSR count). The zero-order valence-electron chi connectivity index (χ0n) is 31.4. The minimum Gasteiger partial charge on any atom is -0.398 e. The van der Waals surface area contributed by atoms with Gasteiger partial charge in [0.1, 0.15) is 0 Å². The molecule has 270 valence electrons. The van der Waals surface area contributed by atoms with Crippen LogP contribution in [0.15, 0.2) is 212 Å². The van der Waals surface area contributed by atoms with Crippen molar-refractivity contribution in [1.29, 1.82) is 0 Å². The molecular formula is C54H39N3. The third-order valence-electron chi connectivity index (χ3n) is 11.9. The summed E-state index contributed by atoms with van der Waals surface area (Å²) in [6.07, 6.45) is 7.82. The third kappa shape index (κ3) is 5.35. The SMILES string of the molecule is C1=CCC2C(=C1)N(c1cccc(-n3c4ccccc4c4ccccc43)c1)c1ccccc12.Nc1c2ccccc2c(-c2ccc3ccccc3c2)c2ccccc12. The van der Waals surface area contributed by atoms with Crippen molar-refractivity contribution in [1.82, 2.24) is 4.57 Å². The van der Waals surface area contributed by atoms with Crippen LogP contribution in [0.2, 0.25) is 0 Å². The Kier molecular flexibility index (Phi) is 7.78. The van der Waals surface area contributed by atoms with E-state index >= 15 is 0 Å². The number of aromatic nitrogens is 1. The van der Waals surface area contributed by atoms with E-state index in [1.165, 1.54) is 82.8 Å². The van der Waals surface area contributed by atoms with E-state index in [0.717, 1.165) is 22.9 Å². The second kappa shape index (κ2) is 13.4. The van der Waals surface area contributed by atoms with Crippen LogP contribution in [0.3, 0.4) is 0 Å². The quantitative estimate of drug-likeness (QED) is 0.145. The number of nitrogens with two attached hydrogens (primary N) is 1. The summed E-state index contributed by atoms with van der Waals surface area (Å²) in [5.41, 5.74) is 18.8. The Morgan fingerprint density at radius 1 is 0.474 bits per heavy atom. The molecule has 9 aromatic carbocycles. The fourth-order valence-electron chi connectivity index (χ4n) is 9.34. The molecule has 1 aliphatic heterocycles. The molecule has 0 spiro atoms. The number of hydrogen-bond acceptors (Lipinski definition) is 2. The summed E-state index contributed by atoms with van der Waals surface area (Å²) in [5.74, 6) is 0.438. The number of hydrogen-bond donors (Lipinski definition) is 1. The van der Waals surface area contributed by atoms with E-state index in [1.807, 2.05) is 0 Å². The first-order valence-corrected chi connectivity index (χ1v) is 19.8. The van der Waals surface area contributed by atoms with Gasteiger partial charge in [0.25, 0.3) is 0 Å². The molecule has 1 aliphatic carbocycles. The normalized spacial score (nSPS) is 14.5. The van der Waals surface area contributed by atoms with E-state index in [4.69, 9.17) is 5.73 Å². The lowest BCUT2D eigenvalue weighted by Crippen LogP contribution is -2.14. The molecule has 2 heterocycles. The predicted octanol–water partition coefficient (Wildman–Crippen LogP) is 14.3. The summed E-state index contributed by atoms with van der Waals surface area (Å²) < 4.78 is 2.39. The van der Waals surface area contributed by atoms with Crippen LogP contribution in [0.25, 0.3) is 70.9 Å². The zero-order chi connectivity index (χ0) is 37.9. The van der Waals surface area contributed by atoms with Crippen molar-refractivity contribution in [3.05, 3.63) is 218 Å². The minimum atomic E-state index is 0.438. The van der Waals surface area contributed by atoms with Crippen molar-refractivity contribution >= 4 is 71.2 Å². The Balaban J connectivity index is 0.000000135. The summed E-state index contributed by atoms with van der Waals surface area (Å²) in [4.78, 5) is 2.45. The molecule has 2 aliphatic rings. The molecular weight excluding hydrogens is 691 g/mol. The maximum absolute atomic E-state index is 6.49. The van der Waals surface area contributed by atoms with Crippen molar-refractivity contribution in [3.8, 4) is 16.8 Å². The van der Waals surface area contributed by atoms with Gasteiger partial charge in [0, 0.05) is 55.9 Å². The molecule has 3 nitrogen and oxygen atoms in total. The highest BCUT2D eigenvalue weighted by atomic mass is 15.2. The van der Waals surface area contributed by atoms with Crippen LogP contribution in [0.1, 0.15) is 17.9 Å². The topological polar surface area (TPSA) is 34.2 Å². The van der Waals surface area contributed by atoms with Crippen molar-refractivity contribution in [2.75, 3.05) is 10.6 Å². The number of para-hydroxylation sites is 3. The van der Waals surface area contributed by atoms with E-state index in [9.17, 15) is 0 Å². The Morgan fingerprint density at radius 2 is 1.05 bits per heavy atom. The number of benzene rings is 9. The molecule has 0 radical (unpaired) electrons. The molecule has 3 heteroatoms. The third-order valence-corrected chi connectivity index (χ3v) is 11.9. The fraction of sp³-hybridized carbons (Fsp3) is 0.0370. The molecule has 0 fully saturated rings. The van der Waals surface area contributed by atoms with Crippen LogP contribution in [0, 0.1) is 0 Å². The summed E-state index contributed by atoms with van der Waals surface area (Å²) in [5, 5.41) is 9.73. The molecule has 1 aromatic heterocycles. The molecule has 10 aromatic rings. The Morgan fingerprint density at radius 3 is 1.77 bits per heavy atom. The lowest BCUT2D eigenvalue weighted by Gasteiger charge is -2.25. The number of anilines is 3. The number of fused-ring (bicyclic) bond motifs is 9. The standard InChI is InChI=1S/C30H22N2.C24H17N/c1-5-16-27-23(12-1)24-13-2-6-17-28(24)31(27)21-10-9-11-22(20-21)32-29-18-7-3-14-25(29)26-15-4-8-19-30(26)32;25-24-21-11-5-3-9-19(21)23(20-10-4-6-12-22(20)24)18-14-13-16-7-1-2-8-17(16)15-18/h1-14,16-20,26H,15H2;1-15H,25H2. The lowest BCUT2D eigenvalue weighted by molar-refractivity contribution is 0.819. The summed E-state index contributed by atoms with van der Waals surface area (Å²) in [7, 11) is 0. The highest BCUT2D eigenvalue weighted by Crippen LogP contribution is 2.50. The molecule has 0 bridgehead atoms. The molecule has 57 heavy (non-hydrogen) atoms. The van der Waals surface area contributed by atoms with Crippen molar-refractivity contribution in [2.45, 2.75) is 12.3 Å². The lowest BCUT2D eigenvalue weighted by atomic mass is 9.90. The molecule has 0 amide bonds. The molecule has 1 atom stereocenters. The van der Waals surface area contributed by atoms with Crippen LogP contribution in [-0.4, -0.2) is 4.57 Å². The van der Waals surface area contributed by atoms with Gasteiger partial charge in [0.15, 0.2) is 0 Å². The first-order chi connectivity index (χ1) is 28.2. The molecule has 0 saturated carbocycles. The van der Waals surface area contributed by atoms with Gasteiger partial charge in [-0.05, 0) is 93.2 Å². The molecule has 2 N–H and O–H groups in total. The monoisotopic (exact) mass is 729 g/mol. The van der Waals surface area contributed by atoms with Crippen LogP contribution in [0.4, 0.5) is 17.1 Å². The predicted molar refractivity (Wildman–Crippen MR) is 243 cm³/mol. The Bertz CT molecular complexity index is 3140. The van der Waals surface area contributed by atoms with Crippen molar-refractivity contribution in [3.63, 3.8) is 0 Å². The van der Waals surface area contributed by atoms with Crippen LogP contribution < -0.4 is 10.6 Å². The average molecular weight is 730 g/mol. The van der Waals surface area contributed by atoms with Crippen molar-refractivity contribution in [2.24, 2.45) is 0 Å². The smallest absolute Gasteiger partial charge is 0.0541 e. The maximum Gasteiger partial charge on any atom is 0.0541 e. The average Bonchev–Trinajstić information content (AvgIpc) is 3.80. The number of allylic oxidation sites excluding steroid dienone is 4. The van der Waals surface area contributed by atoms with E-state index < -0.39 is 0 Å². The van der Waals surface area contributed by atoms with Gasteiger partial charge in [0.05, 0.1) is 11.0 Å². The van der Waals surface area contributed by atoms with Gasteiger partial charge in [-0.25, -0.2) is 0 Å². The van der Waals surface area contributed by atoms with E-state index in [1.54, 1.807) is 0 Å². The summed E-state index contributed by atoms with van der Waals surface area (Å²) >= 11 is 0. The zero-order valence-corrected chi connectivity index (χ0v) is 31.4. The number of nitrogen functional groups attached to an aromatic ring is 1. The second-order valence-corrected chi connectivity index (χ2v) is 15.0. The first kappa shape index (κ1) is 33.0. The highest BCUT2D eigenvalue weighted by Gasteiger charge is 2.34. The summed E-state index contributed by atoms with van der Waals surface area (Å²) in [6, 6.07) is 67.2. The molecule has 1 unspecified atom stereocenters. The van der Waals surface area contributed by atoms with Gasteiger partial charge in [0.2, 0.25) is 0 Å². The van der Waals surface area contributed by atoms with Gasteiger partial charge in [-0.1, -0.05) is 158 Å². The number of nitrogens with zero attached hydrogens (tertiary/aromatic N) is 2. The molecule has 0 saturated heterocycles. The van der Waals surface area contributed by atoms with Gasteiger partial charge >= 0.3 is 0 Å². The maximum atomic E-state index is 6.49. The number of rotatable bonds is 3. The largest absolute Gasteiger partial charge is 0.398 e. The van der Waals surface area contributed by atoms with E-state index in [0.29, 0.717) is 5.92 Å². The second-order valence-electron chi connectivity index (χ2n) is 15.0. The van der Waals surface area contributed by atoms with Gasteiger partial charge in [-0.3, -0.25) is 0 Å². The van der Waals surface area contributed by atoms with Gasteiger partial charge in [-0.15, -0.1) is 0 Å². The van der Waals surface area contributed by atoms with Crippen molar-refractivity contribution < 1.29 is 0 Å². The van der Waals surface area contributed by atoms with Crippen LogP contribution in [-0.2, 0) is 0 Å². The highest BCUT2D eigenvalue weighted by molar-refractivity contribution is 6.20. The first-order valence-electron chi connectivity index (χ1n) is 19.8. The fourth-order valence-corrected chi connectivity index (χ4v) is 9.34. The minimum absolute atomic E-state index is 0.438. The van der Waals surface area contributed by atoms with Crippen LogP contribution in [0.5, 0.6) is 0 Å².